The molecule has 1 N–H and O–H groups in total. The molecule has 1 aromatic rings. The van der Waals surface area contributed by atoms with Gasteiger partial charge in [-0.25, -0.2) is 0 Å². The molecule has 3 rings (SSSR count). The van der Waals surface area contributed by atoms with Gasteiger partial charge in [-0.05, 0) is 36.6 Å². The lowest BCUT2D eigenvalue weighted by Crippen LogP contribution is -2.33. The highest BCUT2D eigenvalue weighted by atomic mass is 16.5. The molecular formula is C18H18N2O2. The number of carbonyl (C=O) groups is 1. The molecule has 0 saturated heterocycles. The van der Waals surface area contributed by atoms with Crippen LogP contribution in [0.25, 0.3) is 6.08 Å². The molecule has 22 heavy (non-hydrogen) atoms. The molecule has 112 valence electrons. The maximum absolute atomic E-state index is 12.2. The summed E-state index contributed by atoms with van der Waals surface area (Å²) in [5.41, 5.74) is 1.94. The Balaban J connectivity index is 1.76. The summed E-state index contributed by atoms with van der Waals surface area (Å²) >= 11 is 0. The zero-order chi connectivity index (χ0) is 15.4. The van der Waals surface area contributed by atoms with Gasteiger partial charge < -0.3 is 10.1 Å². The number of para-hydroxylation sites is 1. The second-order valence-electron chi connectivity index (χ2n) is 5.67. The molecule has 1 fully saturated rings. The van der Waals surface area contributed by atoms with E-state index in [4.69, 9.17) is 4.74 Å². The molecule has 0 spiro atoms. The average Bonchev–Trinajstić information content (AvgIpc) is 3.05. The monoisotopic (exact) mass is 294 g/mol. The molecule has 1 aliphatic carbocycles. The summed E-state index contributed by atoms with van der Waals surface area (Å²) in [6.45, 7) is 0.374. The molecule has 1 heterocycles. The lowest BCUT2D eigenvalue weighted by molar-refractivity contribution is -0.117. The van der Waals surface area contributed by atoms with E-state index >= 15 is 0 Å². The highest BCUT2D eigenvalue weighted by molar-refractivity contribution is 5.98. The average molecular weight is 294 g/mol. The van der Waals surface area contributed by atoms with Gasteiger partial charge in [0.15, 0.2) is 0 Å². The van der Waals surface area contributed by atoms with E-state index in [0.29, 0.717) is 6.61 Å². The van der Waals surface area contributed by atoms with E-state index in [9.17, 15) is 10.1 Å². The highest BCUT2D eigenvalue weighted by Crippen LogP contribution is 2.26. The van der Waals surface area contributed by atoms with Crippen molar-refractivity contribution in [2.75, 3.05) is 6.61 Å². The minimum Gasteiger partial charge on any atom is -0.488 e. The maximum atomic E-state index is 12.2. The van der Waals surface area contributed by atoms with Crippen molar-refractivity contribution in [1.82, 2.24) is 5.32 Å². The van der Waals surface area contributed by atoms with E-state index in [2.05, 4.69) is 5.32 Å². The second kappa shape index (κ2) is 6.48. The number of carbonyl (C=O) groups excluding carboxylic acids is 1. The molecule has 4 heteroatoms. The Bertz CT molecular complexity index is 677. The summed E-state index contributed by atoms with van der Waals surface area (Å²) in [4.78, 5) is 12.2. The minimum absolute atomic E-state index is 0.140. The van der Waals surface area contributed by atoms with E-state index in [1.807, 2.05) is 36.4 Å². The zero-order valence-electron chi connectivity index (χ0n) is 12.3. The van der Waals surface area contributed by atoms with Gasteiger partial charge in [0.25, 0.3) is 5.91 Å². The number of rotatable bonds is 3. The number of hydrogen-bond acceptors (Lipinski definition) is 3. The Morgan fingerprint density at radius 3 is 2.86 bits per heavy atom. The first-order chi connectivity index (χ1) is 10.8. The third-order valence-electron chi connectivity index (χ3n) is 4.04. The number of hydrogen-bond donors (Lipinski definition) is 1. The van der Waals surface area contributed by atoms with Crippen LogP contribution in [0.15, 0.2) is 41.5 Å². The number of nitrogens with one attached hydrogen (secondary N) is 1. The number of nitriles is 1. The van der Waals surface area contributed by atoms with Crippen LogP contribution in [0.4, 0.5) is 0 Å². The molecule has 0 radical (unpaired) electrons. The SMILES string of the molecule is N#C/C(=C\C1=Cc2ccccc2OC1)C(=O)NC1CCCC1. The summed E-state index contributed by atoms with van der Waals surface area (Å²) in [5, 5.41) is 12.2. The normalized spacial score (nSPS) is 18.0. The van der Waals surface area contributed by atoms with Crippen molar-refractivity contribution in [3.8, 4) is 11.8 Å². The van der Waals surface area contributed by atoms with Crippen LogP contribution in [-0.4, -0.2) is 18.6 Å². The Morgan fingerprint density at radius 2 is 2.09 bits per heavy atom. The minimum atomic E-state index is -0.283. The van der Waals surface area contributed by atoms with Gasteiger partial charge in [0.2, 0.25) is 0 Å². The Labute approximate surface area is 130 Å². The van der Waals surface area contributed by atoms with Crippen LogP contribution < -0.4 is 10.1 Å². The van der Waals surface area contributed by atoms with Crippen molar-refractivity contribution in [2.24, 2.45) is 0 Å². The number of benzene rings is 1. The standard InChI is InChI=1S/C18H18N2O2/c19-11-15(18(21)20-16-6-2-3-7-16)10-13-9-14-5-1-4-8-17(14)22-12-13/h1,4-5,8-10,16H,2-3,6-7,12H2,(H,20,21)/b15-10+. The highest BCUT2D eigenvalue weighted by Gasteiger charge is 2.20. The quantitative estimate of drug-likeness (QED) is 0.688. The molecular weight excluding hydrogens is 276 g/mol. The van der Waals surface area contributed by atoms with Crippen molar-refractivity contribution in [3.05, 3.63) is 47.1 Å². The largest absolute Gasteiger partial charge is 0.488 e. The van der Waals surface area contributed by atoms with Gasteiger partial charge in [-0.15, -0.1) is 0 Å². The van der Waals surface area contributed by atoms with Gasteiger partial charge in [-0.2, -0.15) is 5.26 Å². The van der Waals surface area contributed by atoms with Crippen LogP contribution in [0.1, 0.15) is 31.2 Å². The number of nitrogens with zero attached hydrogens (tertiary/aromatic N) is 1. The van der Waals surface area contributed by atoms with Crippen LogP contribution in [0, 0.1) is 11.3 Å². The van der Waals surface area contributed by atoms with Crippen molar-refractivity contribution in [2.45, 2.75) is 31.7 Å². The van der Waals surface area contributed by atoms with Crippen LogP contribution in [0.5, 0.6) is 5.75 Å². The Kier molecular flexibility index (Phi) is 4.24. The van der Waals surface area contributed by atoms with Gasteiger partial charge in [0, 0.05) is 11.6 Å². The first-order valence-electron chi connectivity index (χ1n) is 7.61. The van der Waals surface area contributed by atoms with Crippen LogP contribution >= 0.6 is 0 Å². The molecule has 4 nitrogen and oxygen atoms in total. The first kappa shape index (κ1) is 14.4. The molecule has 0 aromatic heterocycles. The Morgan fingerprint density at radius 1 is 1.32 bits per heavy atom. The summed E-state index contributed by atoms with van der Waals surface area (Å²) < 4.78 is 5.64. The first-order valence-corrected chi connectivity index (χ1v) is 7.61. The maximum Gasteiger partial charge on any atom is 0.262 e. The molecule has 1 aromatic carbocycles. The topological polar surface area (TPSA) is 62.1 Å². The molecule has 1 amide bonds. The molecule has 0 atom stereocenters. The fraction of sp³-hybridized carbons (Fsp3) is 0.333. The fourth-order valence-corrected chi connectivity index (χ4v) is 2.88. The molecule has 1 aliphatic heterocycles. The predicted molar refractivity (Wildman–Crippen MR) is 84.0 cm³/mol. The zero-order valence-corrected chi connectivity index (χ0v) is 12.3. The molecule has 0 bridgehead atoms. The summed E-state index contributed by atoms with van der Waals surface area (Å²) in [5.74, 6) is 0.544. The third-order valence-corrected chi connectivity index (χ3v) is 4.04. The lowest BCUT2D eigenvalue weighted by atomic mass is 10.0. The summed E-state index contributed by atoms with van der Waals surface area (Å²) in [6, 6.07) is 9.92. The Hall–Kier alpha value is -2.54. The van der Waals surface area contributed by atoms with Crippen LogP contribution in [0.2, 0.25) is 0 Å². The van der Waals surface area contributed by atoms with Crippen molar-refractivity contribution >= 4 is 12.0 Å². The van der Waals surface area contributed by atoms with E-state index in [1.54, 1.807) is 6.08 Å². The molecule has 2 aliphatic rings. The molecule has 1 saturated carbocycles. The summed E-state index contributed by atoms with van der Waals surface area (Å²) in [7, 11) is 0. The van der Waals surface area contributed by atoms with Gasteiger partial charge in [-0.1, -0.05) is 31.0 Å². The fourth-order valence-electron chi connectivity index (χ4n) is 2.88. The number of ether oxygens (including phenoxy) is 1. The second-order valence-corrected chi connectivity index (χ2v) is 5.67. The van der Waals surface area contributed by atoms with E-state index in [1.165, 1.54) is 0 Å². The van der Waals surface area contributed by atoms with Gasteiger partial charge in [0.05, 0.1) is 0 Å². The van der Waals surface area contributed by atoms with E-state index < -0.39 is 0 Å². The number of amides is 1. The van der Waals surface area contributed by atoms with Crippen LogP contribution in [-0.2, 0) is 4.79 Å². The third kappa shape index (κ3) is 3.20. The lowest BCUT2D eigenvalue weighted by Gasteiger charge is -2.16. The van der Waals surface area contributed by atoms with Crippen molar-refractivity contribution in [1.29, 1.82) is 5.26 Å². The van der Waals surface area contributed by atoms with Crippen molar-refractivity contribution < 1.29 is 9.53 Å². The predicted octanol–water partition coefficient (Wildman–Crippen LogP) is 2.97. The van der Waals surface area contributed by atoms with E-state index in [0.717, 1.165) is 42.6 Å². The van der Waals surface area contributed by atoms with Gasteiger partial charge in [0.1, 0.15) is 24.0 Å². The van der Waals surface area contributed by atoms with E-state index in [-0.39, 0.29) is 17.5 Å². The number of fused-ring (bicyclic) bond motifs is 1. The summed E-state index contributed by atoms with van der Waals surface area (Å²) in [6.07, 6.45) is 7.88. The van der Waals surface area contributed by atoms with Crippen LogP contribution in [0.3, 0.4) is 0 Å². The van der Waals surface area contributed by atoms with Gasteiger partial charge in [-0.3, -0.25) is 4.79 Å². The molecule has 0 unspecified atom stereocenters. The van der Waals surface area contributed by atoms with Gasteiger partial charge >= 0.3 is 0 Å². The smallest absolute Gasteiger partial charge is 0.262 e. The van der Waals surface area contributed by atoms with Crippen molar-refractivity contribution in [3.63, 3.8) is 0 Å².